The number of aliphatic hydroxyl groups excluding tert-OH is 20. The Hall–Kier alpha value is -2.14. The number of nitrogens with one attached hydrogen (secondary N) is 5. The second kappa shape index (κ2) is 60.7. The summed E-state index contributed by atoms with van der Waals surface area (Å²) in [5.74, 6) is 3.90. The maximum atomic E-state index is 12.9. The van der Waals surface area contributed by atoms with Gasteiger partial charge in [0.05, 0.1) is 76.8 Å². The van der Waals surface area contributed by atoms with E-state index in [1.807, 2.05) is 0 Å². The van der Waals surface area contributed by atoms with E-state index in [0.717, 1.165) is 0 Å². The highest BCUT2D eigenvalue weighted by atomic mass is 32.2. The van der Waals surface area contributed by atoms with E-state index in [4.69, 9.17) is 52.1 Å². The standard InChI is InChI=1S/C76H137N5O36S5/c82-36-47-63(97)68(102)58(92)42(112-47)6-11-53(87)77-16-31-118-26-1-21-107-41-52-73(108-22-2-27-119-32-17-78-54(88)12-7-43-59(93)69(103)64(98)48(37-83)113-43)74(109-23-3-28-120-33-18-79-55(89)13-8-44-60(94)70(104)65(99)49(38-84)114-44)75(110-24-4-29-121-34-19-80-56(90)14-9-45-61(95)71(105)66(100)50(39-85)115-45)76(117-52)111-25-5-30-122-35-20-81-57(91)15-10-46-62(96)72(106)67(101)51(40-86)116-46/h42-52,58-76,82-86,92-106H,1-41H2,(H,77,87)(H,78,88)(H,79,89)(H,80,90)(H,81,91)/t42-,43-,44-,45-,46-,47-,48-,49-,50-,51-,52-,58-,59-,60-,61-,62-,63-,64-,65-,66-,67-,68-,69-,70-,71-,72-,73-,74+,75-,76+/m1/s1. The Morgan fingerprint density at radius 1 is 0.246 bits per heavy atom. The third-order valence-electron chi connectivity index (χ3n) is 21.5. The van der Waals surface area contributed by atoms with Crippen LogP contribution in [0, 0.1) is 0 Å². The summed E-state index contributed by atoms with van der Waals surface area (Å²) >= 11 is 7.77. The zero-order valence-corrected chi connectivity index (χ0v) is 72.9. The van der Waals surface area contributed by atoms with Crippen LogP contribution in [0.2, 0.25) is 0 Å². The molecular weight excluding hydrogens is 1720 g/mol. The molecule has 0 aromatic heterocycles. The minimum atomic E-state index is -1.57. The van der Waals surface area contributed by atoms with Gasteiger partial charge in [0, 0.05) is 120 Å². The topological polar surface area (TPSA) is 652 Å². The molecule has 41 nitrogen and oxygen atoms in total. The Kier molecular flexibility index (Phi) is 54.1. The van der Waals surface area contributed by atoms with Gasteiger partial charge in [0.1, 0.15) is 146 Å². The molecule has 6 saturated heterocycles. The van der Waals surface area contributed by atoms with Crippen LogP contribution in [0.15, 0.2) is 0 Å². The van der Waals surface area contributed by atoms with E-state index in [9.17, 15) is 126 Å². The Morgan fingerprint density at radius 3 is 0.721 bits per heavy atom. The van der Waals surface area contributed by atoms with Crippen molar-refractivity contribution in [3.05, 3.63) is 0 Å². The average molecular weight is 1860 g/mol. The van der Waals surface area contributed by atoms with Gasteiger partial charge >= 0.3 is 0 Å². The maximum absolute atomic E-state index is 12.9. The van der Waals surface area contributed by atoms with Crippen molar-refractivity contribution >= 4 is 88.3 Å². The van der Waals surface area contributed by atoms with Crippen molar-refractivity contribution in [3.63, 3.8) is 0 Å². The first-order valence-corrected chi connectivity index (χ1v) is 47.9. The highest BCUT2D eigenvalue weighted by molar-refractivity contribution is 8.00. The molecule has 0 aromatic carbocycles. The van der Waals surface area contributed by atoms with Crippen LogP contribution in [0.5, 0.6) is 0 Å². The van der Waals surface area contributed by atoms with Crippen molar-refractivity contribution in [2.24, 2.45) is 0 Å². The van der Waals surface area contributed by atoms with Gasteiger partial charge < -0.3 is 181 Å². The first-order valence-electron chi connectivity index (χ1n) is 42.1. The van der Waals surface area contributed by atoms with E-state index in [1.165, 1.54) is 0 Å². The maximum Gasteiger partial charge on any atom is 0.220 e. The van der Waals surface area contributed by atoms with Crippen LogP contribution in [-0.4, -0.2) is 478 Å². The molecule has 6 heterocycles. The van der Waals surface area contributed by atoms with Gasteiger partial charge in [0.25, 0.3) is 0 Å². The molecule has 30 atom stereocenters. The second-order valence-electron chi connectivity index (χ2n) is 30.6. The summed E-state index contributed by atoms with van der Waals surface area (Å²) < 4.78 is 68.2. The average Bonchev–Trinajstić information content (AvgIpc) is 0.789. The number of aliphatic hydroxyl groups is 20. The van der Waals surface area contributed by atoms with Crippen LogP contribution in [0.3, 0.4) is 0 Å². The highest BCUT2D eigenvalue weighted by Crippen LogP contribution is 2.33. The minimum Gasteiger partial charge on any atom is -0.394 e. The number of thioether (sulfide) groups is 5. The lowest BCUT2D eigenvalue weighted by Crippen LogP contribution is -2.62. The number of amides is 5. The lowest BCUT2D eigenvalue weighted by atomic mass is 9.93. The quantitative estimate of drug-likeness (QED) is 0.0252. The molecule has 6 fully saturated rings. The van der Waals surface area contributed by atoms with Crippen LogP contribution >= 0.6 is 58.8 Å². The van der Waals surface area contributed by atoms with E-state index < -0.39 is 216 Å². The summed E-state index contributed by atoms with van der Waals surface area (Å²) in [5, 5.41) is 216. The smallest absolute Gasteiger partial charge is 0.220 e. The molecule has 6 aliphatic rings. The molecule has 5 amide bonds. The third kappa shape index (κ3) is 36.9. The number of carbonyl (C=O) groups excluding carboxylic acids is 5. The molecule has 712 valence electrons. The molecule has 6 aliphatic heterocycles. The van der Waals surface area contributed by atoms with Gasteiger partial charge in [-0.25, -0.2) is 0 Å². The monoisotopic (exact) mass is 1860 g/mol. The van der Waals surface area contributed by atoms with Gasteiger partial charge in [0.15, 0.2) is 6.29 Å². The van der Waals surface area contributed by atoms with Crippen LogP contribution in [0.1, 0.15) is 96.3 Å². The van der Waals surface area contributed by atoms with Crippen molar-refractivity contribution in [3.8, 4) is 0 Å². The van der Waals surface area contributed by atoms with Gasteiger partial charge in [-0.3, -0.25) is 24.0 Å². The summed E-state index contributed by atoms with van der Waals surface area (Å²) in [6.45, 7) is -0.466. The fourth-order valence-electron chi connectivity index (χ4n) is 14.4. The van der Waals surface area contributed by atoms with Crippen molar-refractivity contribution in [1.29, 1.82) is 0 Å². The Labute approximate surface area is 731 Å². The fraction of sp³-hybridized carbons (Fsp3) is 0.934. The summed E-state index contributed by atoms with van der Waals surface area (Å²) in [6, 6.07) is 0. The van der Waals surface area contributed by atoms with Crippen molar-refractivity contribution < 1.29 is 178 Å². The van der Waals surface area contributed by atoms with Gasteiger partial charge in [-0.1, -0.05) is 0 Å². The molecular formula is C76H137N5O36S5. The molecule has 6 rings (SSSR count). The van der Waals surface area contributed by atoms with Gasteiger partial charge in [0.2, 0.25) is 29.5 Å². The molecule has 0 unspecified atom stereocenters. The first kappa shape index (κ1) is 109. The highest BCUT2D eigenvalue weighted by Gasteiger charge is 2.51. The van der Waals surface area contributed by atoms with Crippen LogP contribution < -0.4 is 26.6 Å². The molecule has 0 saturated carbocycles. The van der Waals surface area contributed by atoms with Gasteiger partial charge in [-0.15, -0.1) is 0 Å². The Morgan fingerprint density at radius 2 is 0.467 bits per heavy atom. The van der Waals surface area contributed by atoms with Gasteiger partial charge in [-0.2, -0.15) is 58.8 Å². The number of carbonyl (C=O) groups is 5. The third-order valence-corrected chi connectivity index (χ3v) is 26.8. The lowest BCUT2D eigenvalue weighted by Gasteiger charge is -2.46. The van der Waals surface area contributed by atoms with Crippen molar-refractivity contribution in [1.82, 2.24) is 26.6 Å². The number of hydrogen-bond donors (Lipinski definition) is 25. The number of hydrogen-bond acceptors (Lipinski definition) is 41. The van der Waals surface area contributed by atoms with Gasteiger partial charge in [-0.05, 0) is 93.0 Å². The van der Waals surface area contributed by atoms with E-state index in [0.29, 0.717) is 116 Å². The van der Waals surface area contributed by atoms with Crippen LogP contribution in [-0.2, 0) is 76.1 Å². The van der Waals surface area contributed by atoms with Crippen molar-refractivity contribution in [2.45, 2.75) is 280 Å². The molecule has 0 aliphatic carbocycles. The predicted octanol–water partition coefficient (Wildman–Crippen LogP) is -8.79. The SMILES string of the molecule is O=C(CC[C@H]1O[C@H](CO)[C@@H](O)[C@H](O)[C@@H]1O)NCCSCCCOC[C@H]1O[C@H](OCCCSCCNC(=O)CC[C@H]2O[C@H](CO)[C@@H](O)[C@H](O)[C@@H]2O)[C@H](OCCCSCCNC(=O)CC[C@H]2O[C@H](CO)[C@@H](O)[C@H](O)[C@@H]2O)[C@@H](OCCCSCCNC(=O)CC[C@H]2O[C@H](CO)[C@@H](O)[C@H](O)[C@@H]2O)[C@@H]1OCCCSCCNC(=O)CC[C@H]1O[C@H](CO)[C@@H](O)[C@H](O)[C@@H]1O. The molecule has 122 heavy (non-hydrogen) atoms. The lowest BCUT2D eigenvalue weighted by molar-refractivity contribution is -0.323. The molecule has 0 bridgehead atoms. The van der Waals surface area contributed by atoms with E-state index in [1.54, 1.807) is 58.8 Å². The Balaban J connectivity index is 1.11. The largest absolute Gasteiger partial charge is 0.394 e. The van der Waals surface area contributed by atoms with Crippen LogP contribution in [0.25, 0.3) is 0 Å². The first-order chi connectivity index (χ1) is 58.7. The number of ether oxygens (including phenoxy) is 11. The van der Waals surface area contributed by atoms with E-state index >= 15 is 0 Å². The van der Waals surface area contributed by atoms with E-state index in [2.05, 4.69) is 26.6 Å². The summed E-state index contributed by atoms with van der Waals surface area (Å²) in [4.78, 5) is 64.4. The van der Waals surface area contributed by atoms with Crippen molar-refractivity contribution in [2.75, 3.05) is 163 Å². The zero-order valence-electron chi connectivity index (χ0n) is 68.8. The molecule has 0 spiro atoms. The zero-order chi connectivity index (χ0) is 89.0. The molecule has 0 aromatic rings. The van der Waals surface area contributed by atoms with Crippen LogP contribution in [0.4, 0.5) is 0 Å². The normalized spacial score (nSPS) is 34.4. The molecule has 0 radical (unpaired) electrons. The molecule has 25 N–H and O–H groups in total. The molecule has 46 heteroatoms. The Bertz CT molecular complexity index is 2860. The summed E-state index contributed by atoms with van der Waals surface area (Å²) in [6.07, 6.45) is -35.2. The summed E-state index contributed by atoms with van der Waals surface area (Å²) in [7, 11) is 0. The second-order valence-corrected chi connectivity index (χ2v) is 36.7. The van der Waals surface area contributed by atoms with E-state index in [-0.39, 0.29) is 140 Å². The number of rotatable bonds is 61. The fourth-order valence-corrected chi connectivity index (χ4v) is 18.3. The minimum absolute atomic E-state index is 0.00617. The summed E-state index contributed by atoms with van der Waals surface area (Å²) in [5.41, 5.74) is 0. The predicted molar refractivity (Wildman–Crippen MR) is 444 cm³/mol.